The molecule has 126 valence electrons. The highest BCUT2D eigenvalue weighted by Crippen LogP contribution is 2.38. The topological polar surface area (TPSA) is 86.9 Å². The summed E-state index contributed by atoms with van der Waals surface area (Å²) in [5.41, 5.74) is 2.29. The minimum Gasteiger partial charge on any atom is -0.324 e. The maximum Gasteiger partial charge on any atom is 0.238 e. The number of rotatable bonds is 3. The van der Waals surface area contributed by atoms with Crippen molar-refractivity contribution in [3.8, 4) is 0 Å². The summed E-state index contributed by atoms with van der Waals surface area (Å²) in [4.78, 5) is 32.7. The summed E-state index contributed by atoms with van der Waals surface area (Å²) in [5.74, 6) is -0.108. The average Bonchev–Trinajstić information content (AvgIpc) is 2.97. The molecule has 0 spiro atoms. The number of H-pyrrole nitrogens is 1. The quantitative estimate of drug-likeness (QED) is 0.654. The summed E-state index contributed by atoms with van der Waals surface area (Å²) in [6.07, 6.45) is 0.0512. The van der Waals surface area contributed by atoms with E-state index in [-0.39, 0.29) is 18.2 Å². The molecule has 8 heteroatoms. The number of imidazole rings is 1. The maximum absolute atomic E-state index is 12.3. The first-order valence-corrected chi connectivity index (χ1v) is 8.86. The van der Waals surface area contributed by atoms with Crippen molar-refractivity contribution in [1.82, 2.24) is 9.97 Å². The normalized spacial score (nSPS) is 16.4. The van der Waals surface area contributed by atoms with Gasteiger partial charge in [-0.25, -0.2) is 4.98 Å². The number of anilines is 2. The van der Waals surface area contributed by atoms with Crippen LogP contribution in [0.4, 0.5) is 11.6 Å². The molecule has 0 saturated heterocycles. The summed E-state index contributed by atoms with van der Waals surface area (Å²) in [6.45, 7) is 0. The third-order valence-electron chi connectivity index (χ3n) is 3.78. The van der Waals surface area contributed by atoms with Gasteiger partial charge in [0.25, 0.3) is 0 Å². The number of nitrogens with one attached hydrogen (secondary N) is 3. The summed E-state index contributed by atoms with van der Waals surface area (Å²) >= 11 is 7.29. The van der Waals surface area contributed by atoms with E-state index in [1.165, 1.54) is 11.8 Å². The van der Waals surface area contributed by atoms with Crippen LogP contribution in [0.2, 0.25) is 5.02 Å². The molecule has 3 N–H and O–H groups in total. The fraction of sp³-hybridized carbons (Fsp3) is 0.118. The van der Waals surface area contributed by atoms with E-state index in [1.807, 2.05) is 30.3 Å². The number of aromatic nitrogens is 2. The molecule has 25 heavy (non-hydrogen) atoms. The van der Waals surface area contributed by atoms with Gasteiger partial charge < -0.3 is 10.3 Å². The number of para-hydroxylation sites is 2. The van der Waals surface area contributed by atoms with Gasteiger partial charge in [0.05, 0.1) is 22.0 Å². The fourth-order valence-corrected chi connectivity index (χ4v) is 3.88. The Hall–Kier alpha value is -2.51. The second kappa shape index (κ2) is 6.42. The van der Waals surface area contributed by atoms with E-state index in [2.05, 4.69) is 20.6 Å². The molecule has 0 bridgehead atoms. The van der Waals surface area contributed by atoms with Crippen LogP contribution in [-0.4, -0.2) is 27.0 Å². The summed E-state index contributed by atoms with van der Waals surface area (Å²) in [7, 11) is 0. The van der Waals surface area contributed by atoms with E-state index >= 15 is 0 Å². The van der Waals surface area contributed by atoms with Crippen LogP contribution in [0.3, 0.4) is 0 Å². The van der Waals surface area contributed by atoms with Crippen molar-refractivity contribution in [2.24, 2.45) is 0 Å². The van der Waals surface area contributed by atoms with Gasteiger partial charge in [0, 0.05) is 16.3 Å². The van der Waals surface area contributed by atoms with Gasteiger partial charge in [-0.1, -0.05) is 23.7 Å². The van der Waals surface area contributed by atoms with E-state index in [1.54, 1.807) is 12.1 Å². The van der Waals surface area contributed by atoms with Gasteiger partial charge in [-0.15, -0.1) is 11.8 Å². The minimum atomic E-state index is -0.502. The number of thioether (sulfide) groups is 1. The van der Waals surface area contributed by atoms with E-state index in [0.29, 0.717) is 16.7 Å². The maximum atomic E-state index is 12.3. The highest BCUT2D eigenvalue weighted by atomic mass is 35.5. The molecule has 6 nitrogen and oxygen atoms in total. The van der Waals surface area contributed by atoms with E-state index < -0.39 is 5.25 Å². The van der Waals surface area contributed by atoms with Crippen molar-refractivity contribution < 1.29 is 9.59 Å². The Morgan fingerprint density at radius 2 is 2.12 bits per heavy atom. The Bertz CT molecular complexity index is 955. The lowest BCUT2D eigenvalue weighted by Gasteiger charge is -2.23. The molecule has 1 aliphatic rings. The third kappa shape index (κ3) is 3.33. The lowest BCUT2D eigenvalue weighted by atomic mass is 10.2. The molecule has 1 aromatic heterocycles. The second-order valence-corrected chi connectivity index (χ2v) is 7.27. The van der Waals surface area contributed by atoms with Crippen LogP contribution in [-0.2, 0) is 9.59 Å². The molecule has 2 aromatic carbocycles. The number of hydrogen-bond acceptors (Lipinski definition) is 4. The lowest BCUT2D eigenvalue weighted by molar-refractivity contribution is -0.120. The molecule has 4 rings (SSSR count). The van der Waals surface area contributed by atoms with Crippen LogP contribution in [0.1, 0.15) is 6.42 Å². The highest BCUT2D eigenvalue weighted by Gasteiger charge is 2.29. The number of carbonyl (C=O) groups excluding carboxylic acids is 2. The number of hydrogen-bond donors (Lipinski definition) is 3. The van der Waals surface area contributed by atoms with Crippen LogP contribution in [0.25, 0.3) is 11.0 Å². The predicted octanol–water partition coefficient (Wildman–Crippen LogP) is 3.66. The smallest absolute Gasteiger partial charge is 0.238 e. The van der Waals surface area contributed by atoms with Crippen LogP contribution in [0, 0.1) is 0 Å². The Morgan fingerprint density at radius 3 is 2.96 bits per heavy atom. The number of nitrogens with zero attached hydrogens (tertiary/aromatic N) is 1. The van der Waals surface area contributed by atoms with Gasteiger partial charge in [-0.05, 0) is 30.3 Å². The lowest BCUT2D eigenvalue weighted by Crippen LogP contribution is -2.32. The molecule has 2 amide bonds. The van der Waals surface area contributed by atoms with Gasteiger partial charge in [-0.3, -0.25) is 14.9 Å². The zero-order chi connectivity index (χ0) is 17.4. The van der Waals surface area contributed by atoms with Crippen molar-refractivity contribution in [1.29, 1.82) is 0 Å². The minimum absolute atomic E-state index is 0.0512. The number of halogens is 1. The number of aromatic amines is 1. The molecule has 0 saturated carbocycles. The van der Waals surface area contributed by atoms with Crippen LogP contribution in [0.15, 0.2) is 47.4 Å². The summed E-state index contributed by atoms with van der Waals surface area (Å²) in [6, 6.07) is 12.8. The van der Waals surface area contributed by atoms with E-state index in [0.717, 1.165) is 15.9 Å². The molecular weight excluding hydrogens is 360 g/mol. The number of fused-ring (bicyclic) bond motifs is 2. The van der Waals surface area contributed by atoms with Crippen molar-refractivity contribution in [3.05, 3.63) is 47.5 Å². The molecule has 0 fully saturated rings. The second-order valence-electron chi connectivity index (χ2n) is 5.59. The van der Waals surface area contributed by atoms with Gasteiger partial charge >= 0.3 is 0 Å². The Labute approximate surface area is 152 Å². The SMILES string of the molecule is O=C(CC1Sc2ccc(Cl)cc2NC1=O)Nc1nc2ccccc2[nH]1. The molecule has 0 aliphatic carbocycles. The first-order chi connectivity index (χ1) is 12.1. The van der Waals surface area contributed by atoms with Crippen molar-refractivity contribution in [2.45, 2.75) is 16.6 Å². The van der Waals surface area contributed by atoms with Crippen LogP contribution < -0.4 is 10.6 Å². The molecular formula is C17H13ClN4O2S. The molecule has 2 heterocycles. The predicted molar refractivity (Wildman–Crippen MR) is 99.1 cm³/mol. The Morgan fingerprint density at radius 1 is 1.28 bits per heavy atom. The number of amides is 2. The third-order valence-corrected chi connectivity index (χ3v) is 5.29. The Balaban J connectivity index is 1.45. The molecule has 1 atom stereocenters. The van der Waals surface area contributed by atoms with Gasteiger partial charge in [-0.2, -0.15) is 0 Å². The molecule has 3 aromatic rings. The monoisotopic (exact) mass is 372 g/mol. The van der Waals surface area contributed by atoms with Crippen LogP contribution in [0.5, 0.6) is 0 Å². The summed E-state index contributed by atoms with van der Waals surface area (Å²) < 4.78 is 0. The average molecular weight is 373 g/mol. The van der Waals surface area contributed by atoms with Crippen molar-refractivity contribution in [3.63, 3.8) is 0 Å². The van der Waals surface area contributed by atoms with Crippen molar-refractivity contribution >= 4 is 57.8 Å². The van der Waals surface area contributed by atoms with E-state index in [9.17, 15) is 9.59 Å². The highest BCUT2D eigenvalue weighted by molar-refractivity contribution is 8.01. The fourth-order valence-electron chi connectivity index (χ4n) is 2.62. The van der Waals surface area contributed by atoms with Gasteiger partial charge in [0.15, 0.2) is 0 Å². The zero-order valence-electron chi connectivity index (χ0n) is 12.9. The zero-order valence-corrected chi connectivity index (χ0v) is 14.4. The Kier molecular flexibility index (Phi) is 4.10. The summed E-state index contributed by atoms with van der Waals surface area (Å²) in [5, 5.41) is 5.56. The van der Waals surface area contributed by atoms with Crippen LogP contribution >= 0.6 is 23.4 Å². The standard InChI is InChI=1S/C17H13ClN4O2S/c18-9-5-6-13-12(7-9)19-16(24)14(25-13)8-15(23)22-17-20-10-3-1-2-4-11(10)21-17/h1-7,14H,8H2,(H,19,24)(H2,20,21,22,23). The molecule has 1 unspecified atom stereocenters. The molecule has 1 aliphatic heterocycles. The van der Waals surface area contributed by atoms with Gasteiger partial charge in [0.1, 0.15) is 0 Å². The first kappa shape index (κ1) is 16.0. The van der Waals surface area contributed by atoms with Crippen molar-refractivity contribution in [2.75, 3.05) is 10.6 Å². The molecule has 0 radical (unpaired) electrons. The first-order valence-electron chi connectivity index (χ1n) is 7.60. The largest absolute Gasteiger partial charge is 0.324 e. The number of carbonyl (C=O) groups is 2. The van der Waals surface area contributed by atoms with E-state index in [4.69, 9.17) is 11.6 Å². The number of benzene rings is 2. The van der Waals surface area contributed by atoms with Gasteiger partial charge in [0.2, 0.25) is 17.8 Å².